The van der Waals surface area contributed by atoms with Gasteiger partial charge in [-0.25, -0.2) is 0 Å². The van der Waals surface area contributed by atoms with Crippen molar-refractivity contribution in [3.05, 3.63) is 65.7 Å². The zero-order valence-electron chi connectivity index (χ0n) is 12.6. The molecule has 0 spiro atoms. The van der Waals surface area contributed by atoms with Gasteiger partial charge in [0, 0.05) is 17.8 Å². The first-order chi connectivity index (χ1) is 10.6. The lowest BCUT2D eigenvalue weighted by molar-refractivity contribution is -0.119. The highest BCUT2D eigenvalue weighted by atomic mass is 16.1. The minimum absolute atomic E-state index is 0.0326. The van der Waals surface area contributed by atoms with E-state index < -0.39 is 0 Å². The van der Waals surface area contributed by atoms with Crippen LogP contribution in [0, 0.1) is 0 Å². The van der Waals surface area contributed by atoms with Crippen molar-refractivity contribution in [3.63, 3.8) is 0 Å². The highest BCUT2D eigenvalue weighted by Gasteiger charge is 2.02. The van der Waals surface area contributed by atoms with Crippen LogP contribution >= 0.6 is 0 Å². The number of Topliss-reactive ketones (excluding diaryl/α,β-unsaturated/α-hetero) is 1. The second-order valence-corrected chi connectivity index (χ2v) is 5.07. The largest absolute Gasteiger partial charge is 0.376 e. The summed E-state index contributed by atoms with van der Waals surface area (Å²) in [7, 11) is 0. The summed E-state index contributed by atoms with van der Waals surface area (Å²) in [6.07, 6.45) is 0.819. The zero-order chi connectivity index (χ0) is 15.8. The van der Waals surface area contributed by atoms with E-state index in [1.54, 1.807) is 24.3 Å². The van der Waals surface area contributed by atoms with Gasteiger partial charge >= 0.3 is 0 Å². The number of carbonyl (C=O) groups is 2. The number of rotatable bonds is 7. The quantitative estimate of drug-likeness (QED) is 0.772. The summed E-state index contributed by atoms with van der Waals surface area (Å²) in [5.74, 6) is -0.0169. The van der Waals surface area contributed by atoms with Gasteiger partial charge in [-0.15, -0.1) is 0 Å². The lowest BCUT2D eigenvalue weighted by atomic mass is 10.1. The van der Waals surface area contributed by atoms with Crippen molar-refractivity contribution in [2.24, 2.45) is 0 Å². The van der Waals surface area contributed by atoms with Gasteiger partial charge in [0.2, 0.25) is 5.91 Å². The van der Waals surface area contributed by atoms with Crippen molar-refractivity contribution in [2.45, 2.75) is 13.3 Å². The molecule has 2 N–H and O–H groups in total. The van der Waals surface area contributed by atoms with E-state index in [1.165, 1.54) is 12.5 Å². The van der Waals surface area contributed by atoms with Crippen LogP contribution in [0.2, 0.25) is 0 Å². The van der Waals surface area contributed by atoms with Crippen LogP contribution in [0.4, 0.5) is 5.69 Å². The smallest absolute Gasteiger partial charge is 0.239 e. The molecule has 0 aliphatic heterocycles. The van der Waals surface area contributed by atoms with Gasteiger partial charge in [0.05, 0.1) is 6.54 Å². The number of carbonyl (C=O) groups excluding carboxylic acids is 2. The van der Waals surface area contributed by atoms with Crippen LogP contribution in [-0.4, -0.2) is 24.8 Å². The molecule has 0 atom stereocenters. The predicted molar refractivity (Wildman–Crippen MR) is 88.1 cm³/mol. The van der Waals surface area contributed by atoms with Gasteiger partial charge in [-0.3, -0.25) is 9.59 Å². The van der Waals surface area contributed by atoms with Crippen LogP contribution in [-0.2, 0) is 11.2 Å². The van der Waals surface area contributed by atoms with Crippen molar-refractivity contribution in [1.29, 1.82) is 0 Å². The second-order valence-electron chi connectivity index (χ2n) is 5.07. The Labute approximate surface area is 130 Å². The number of hydrogen-bond donors (Lipinski definition) is 2. The molecule has 0 aliphatic carbocycles. The van der Waals surface area contributed by atoms with Gasteiger partial charge in [0.15, 0.2) is 5.78 Å². The van der Waals surface area contributed by atoms with Crippen LogP contribution < -0.4 is 10.6 Å². The molecular formula is C18H20N2O2. The summed E-state index contributed by atoms with van der Waals surface area (Å²) < 4.78 is 0. The molecule has 0 saturated carbocycles. The third-order valence-electron chi connectivity index (χ3n) is 3.32. The SMILES string of the molecule is CC(=O)c1ccc(NCC(=O)NCCc2ccccc2)cc1. The van der Waals surface area contributed by atoms with E-state index in [0.717, 1.165) is 12.1 Å². The molecule has 4 heteroatoms. The Hall–Kier alpha value is -2.62. The van der Waals surface area contributed by atoms with Crippen molar-refractivity contribution < 1.29 is 9.59 Å². The fraction of sp³-hybridized carbons (Fsp3) is 0.222. The Kier molecular flexibility index (Phi) is 5.72. The average molecular weight is 296 g/mol. The first-order valence-corrected chi connectivity index (χ1v) is 7.30. The maximum atomic E-state index is 11.8. The Morgan fingerprint density at radius 3 is 2.27 bits per heavy atom. The number of anilines is 1. The molecule has 1 amide bonds. The number of ketones is 1. The highest BCUT2D eigenvalue weighted by Crippen LogP contribution is 2.09. The maximum absolute atomic E-state index is 11.8. The topological polar surface area (TPSA) is 58.2 Å². The molecular weight excluding hydrogens is 276 g/mol. The molecule has 0 bridgehead atoms. The van der Waals surface area contributed by atoms with E-state index in [2.05, 4.69) is 10.6 Å². The summed E-state index contributed by atoms with van der Waals surface area (Å²) in [6, 6.07) is 17.1. The van der Waals surface area contributed by atoms with Crippen LogP contribution in [0.25, 0.3) is 0 Å². The van der Waals surface area contributed by atoms with Crippen molar-refractivity contribution in [1.82, 2.24) is 5.32 Å². The van der Waals surface area contributed by atoms with Crippen LogP contribution in [0.1, 0.15) is 22.8 Å². The summed E-state index contributed by atoms with van der Waals surface area (Å²) in [5, 5.41) is 5.91. The Morgan fingerprint density at radius 2 is 1.64 bits per heavy atom. The fourth-order valence-electron chi connectivity index (χ4n) is 2.06. The molecule has 0 heterocycles. The average Bonchev–Trinajstić information content (AvgIpc) is 2.54. The van der Waals surface area contributed by atoms with E-state index >= 15 is 0 Å². The fourth-order valence-corrected chi connectivity index (χ4v) is 2.06. The molecule has 0 aliphatic rings. The van der Waals surface area contributed by atoms with E-state index in [9.17, 15) is 9.59 Å². The minimum atomic E-state index is -0.0495. The third-order valence-corrected chi connectivity index (χ3v) is 3.32. The Bertz CT molecular complexity index is 621. The van der Waals surface area contributed by atoms with E-state index in [0.29, 0.717) is 12.1 Å². The molecule has 22 heavy (non-hydrogen) atoms. The van der Waals surface area contributed by atoms with Gasteiger partial charge in [-0.05, 0) is 43.2 Å². The lowest BCUT2D eigenvalue weighted by Gasteiger charge is -2.08. The molecule has 0 fully saturated rings. The van der Waals surface area contributed by atoms with Crippen LogP contribution in [0.5, 0.6) is 0 Å². The summed E-state index contributed by atoms with van der Waals surface area (Å²) in [4.78, 5) is 22.9. The van der Waals surface area contributed by atoms with Crippen molar-refractivity contribution in [2.75, 3.05) is 18.4 Å². The highest BCUT2D eigenvalue weighted by molar-refractivity contribution is 5.94. The molecule has 2 aromatic carbocycles. The number of hydrogen-bond acceptors (Lipinski definition) is 3. The minimum Gasteiger partial charge on any atom is -0.376 e. The molecule has 0 saturated heterocycles. The number of nitrogens with one attached hydrogen (secondary N) is 2. The molecule has 2 aromatic rings. The Balaban J connectivity index is 1.70. The van der Waals surface area contributed by atoms with E-state index in [1.807, 2.05) is 30.3 Å². The summed E-state index contributed by atoms with van der Waals surface area (Å²) in [6.45, 7) is 2.37. The number of benzene rings is 2. The van der Waals surface area contributed by atoms with Crippen molar-refractivity contribution in [3.8, 4) is 0 Å². The van der Waals surface area contributed by atoms with Crippen molar-refractivity contribution >= 4 is 17.4 Å². The molecule has 4 nitrogen and oxygen atoms in total. The third kappa shape index (κ3) is 5.05. The van der Waals surface area contributed by atoms with Gasteiger partial charge in [-0.2, -0.15) is 0 Å². The number of amides is 1. The monoisotopic (exact) mass is 296 g/mol. The van der Waals surface area contributed by atoms with Gasteiger partial charge in [-0.1, -0.05) is 30.3 Å². The van der Waals surface area contributed by atoms with Crippen LogP contribution in [0.3, 0.4) is 0 Å². The maximum Gasteiger partial charge on any atom is 0.239 e. The molecule has 0 unspecified atom stereocenters. The second kappa shape index (κ2) is 7.98. The zero-order valence-corrected chi connectivity index (χ0v) is 12.6. The lowest BCUT2D eigenvalue weighted by Crippen LogP contribution is -2.31. The van der Waals surface area contributed by atoms with E-state index in [-0.39, 0.29) is 18.2 Å². The van der Waals surface area contributed by atoms with Gasteiger partial charge < -0.3 is 10.6 Å². The molecule has 0 radical (unpaired) electrons. The summed E-state index contributed by atoms with van der Waals surface area (Å²) in [5.41, 5.74) is 2.69. The van der Waals surface area contributed by atoms with Gasteiger partial charge in [0.25, 0.3) is 0 Å². The van der Waals surface area contributed by atoms with E-state index in [4.69, 9.17) is 0 Å². The normalized spacial score (nSPS) is 10.0. The van der Waals surface area contributed by atoms with Gasteiger partial charge in [0.1, 0.15) is 0 Å². The predicted octanol–water partition coefficient (Wildman–Crippen LogP) is 2.66. The first kappa shape index (κ1) is 15.8. The van der Waals surface area contributed by atoms with Crippen LogP contribution in [0.15, 0.2) is 54.6 Å². The standard InChI is InChI=1S/C18H20N2O2/c1-14(21)16-7-9-17(10-8-16)20-13-18(22)19-12-11-15-5-3-2-4-6-15/h2-10,20H,11-13H2,1H3,(H,19,22). The first-order valence-electron chi connectivity index (χ1n) is 7.30. The molecule has 2 rings (SSSR count). The molecule has 0 aromatic heterocycles. The summed E-state index contributed by atoms with van der Waals surface area (Å²) >= 11 is 0. The molecule has 114 valence electrons. The Morgan fingerprint density at radius 1 is 0.955 bits per heavy atom.